The van der Waals surface area contributed by atoms with E-state index in [0.29, 0.717) is 25.3 Å². The molecule has 7 heteroatoms. The standard InChI is InChI=1S/C24H30F3N3S.C3H8/c1-5-30(31-20-14-12-17(2)13-15-20)28-23(22-18(3)9-8-10-19(22)4)29-16-7-6-11-21(29)24(25,26)27;1-3-2/h8-10,12-15,21H,5-7,11,16H2,1-4H3;3H2,1-2H3/b28-23+;. The molecular formula is C27H38F3N3S. The largest absolute Gasteiger partial charge is 0.408 e. The first kappa shape index (κ1) is 28.1. The van der Waals surface area contributed by atoms with Crippen LogP contribution in [-0.4, -0.2) is 40.5 Å². The minimum absolute atomic E-state index is 0.102. The number of hydrazone groups is 1. The Morgan fingerprint density at radius 1 is 1.00 bits per heavy atom. The molecule has 0 amide bonds. The zero-order valence-electron chi connectivity index (χ0n) is 21.2. The molecule has 1 aliphatic heterocycles. The van der Waals surface area contributed by atoms with Crippen molar-refractivity contribution in [1.82, 2.24) is 9.31 Å². The summed E-state index contributed by atoms with van der Waals surface area (Å²) in [5.74, 6) is 0.416. The van der Waals surface area contributed by atoms with Gasteiger partial charge >= 0.3 is 6.18 Å². The van der Waals surface area contributed by atoms with Gasteiger partial charge in [-0.15, -0.1) is 5.10 Å². The number of benzene rings is 2. The Kier molecular flexibility index (Phi) is 10.8. The molecule has 0 saturated carbocycles. The maximum absolute atomic E-state index is 14.0. The molecule has 3 nitrogen and oxygen atoms in total. The third-order valence-corrected chi connectivity index (χ3v) is 6.60. The Morgan fingerprint density at radius 2 is 1.59 bits per heavy atom. The number of nitrogens with zero attached hydrogens (tertiary/aromatic N) is 3. The molecule has 2 aromatic rings. The molecule has 0 aromatic heterocycles. The Balaban J connectivity index is 0.00000129. The van der Waals surface area contributed by atoms with E-state index in [4.69, 9.17) is 5.10 Å². The van der Waals surface area contributed by atoms with Gasteiger partial charge in [0.05, 0.1) is 0 Å². The fraction of sp³-hybridized carbons (Fsp3) is 0.519. The lowest BCUT2D eigenvalue weighted by atomic mass is 9.96. The molecule has 0 N–H and O–H groups in total. The first-order valence-corrected chi connectivity index (χ1v) is 12.9. The van der Waals surface area contributed by atoms with Crippen LogP contribution in [0, 0.1) is 20.8 Å². The maximum atomic E-state index is 14.0. The lowest BCUT2D eigenvalue weighted by Gasteiger charge is -2.40. The van der Waals surface area contributed by atoms with Crippen LogP contribution in [-0.2, 0) is 0 Å². The van der Waals surface area contributed by atoms with Crippen LogP contribution in [0.25, 0.3) is 0 Å². The van der Waals surface area contributed by atoms with Gasteiger partial charge in [0.1, 0.15) is 6.04 Å². The van der Waals surface area contributed by atoms with Crippen molar-refractivity contribution in [1.29, 1.82) is 0 Å². The van der Waals surface area contributed by atoms with Gasteiger partial charge in [0, 0.05) is 35.5 Å². The highest BCUT2D eigenvalue weighted by molar-refractivity contribution is 7.97. The van der Waals surface area contributed by atoms with E-state index in [-0.39, 0.29) is 6.42 Å². The van der Waals surface area contributed by atoms with E-state index >= 15 is 0 Å². The first-order valence-electron chi connectivity index (χ1n) is 12.1. The van der Waals surface area contributed by atoms with Crippen LogP contribution in [0.15, 0.2) is 52.5 Å². The van der Waals surface area contributed by atoms with Gasteiger partial charge < -0.3 is 4.90 Å². The first-order chi connectivity index (χ1) is 16.1. The smallest absolute Gasteiger partial charge is 0.343 e. The lowest BCUT2D eigenvalue weighted by molar-refractivity contribution is -0.179. The van der Waals surface area contributed by atoms with E-state index in [1.54, 1.807) is 4.41 Å². The highest BCUT2D eigenvalue weighted by Crippen LogP contribution is 2.34. The molecule has 0 bridgehead atoms. The summed E-state index contributed by atoms with van der Waals surface area (Å²) >= 11 is 1.44. The van der Waals surface area contributed by atoms with Gasteiger partial charge in [0.25, 0.3) is 0 Å². The molecule has 34 heavy (non-hydrogen) atoms. The van der Waals surface area contributed by atoms with Gasteiger partial charge in [0.15, 0.2) is 5.84 Å². The summed E-state index contributed by atoms with van der Waals surface area (Å²) in [6.07, 6.45) is -1.63. The highest BCUT2D eigenvalue weighted by Gasteiger charge is 2.46. The van der Waals surface area contributed by atoms with Gasteiger partial charge in [0.2, 0.25) is 0 Å². The summed E-state index contributed by atoms with van der Waals surface area (Å²) in [4.78, 5) is 2.49. The van der Waals surface area contributed by atoms with E-state index in [1.807, 2.05) is 70.2 Å². The fourth-order valence-electron chi connectivity index (χ4n) is 3.93. The number of hydrogen-bond donors (Lipinski definition) is 0. The van der Waals surface area contributed by atoms with E-state index in [2.05, 4.69) is 13.8 Å². The van der Waals surface area contributed by atoms with E-state index in [1.165, 1.54) is 23.3 Å². The predicted octanol–water partition coefficient (Wildman–Crippen LogP) is 8.14. The van der Waals surface area contributed by atoms with Crippen LogP contribution < -0.4 is 0 Å². The van der Waals surface area contributed by atoms with Crippen molar-refractivity contribution in [2.24, 2.45) is 5.10 Å². The van der Waals surface area contributed by atoms with Crippen LogP contribution in [0.4, 0.5) is 13.2 Å². The number of rotatable bonds is 5. The van der Waals surface area contributed by atoms with Gasteiger partial charge in [-0.25, -0.2) is 4.41 Å². The van der Waals surface area contributed by atoms with E-state index in [9.17, 15) is 13.2 Å². The number of aryl methyl sites for hydroxylation is 3. The number of hydrogen-bond acceptors (Lipinski definition) is 3. The van der Waals surface area contributed by atoms with Gasteiger partial charge in [-0.05, 0) is 70.2 Å². The zero-order chi connectivity index (χ0) is 25.3. The van der Waals surface area contributed by atoms with Crippen LogP contribution in [0.5, 0.6) is 0 Å². The Hall–Kier alpha value is -2.15. The van der Waals surface area contributed by atoms with Crippen LogP contribution in [0.1, 0.15) is 68.7 Å². The van der Waals surface area contributed by atoms with E-state index in [0.717, 1.165) is 33.6 Å². The third kappa shape index (κ3) is 7.69. The molecule has 1 heterocycles. The fourth-order valence-corrected chi connectivity index (χ4v) is 4.67. The van der Waals surface area contributed by atoms with Gasteiger partial charge in [-0.3, -0.25) is 0 Å². The molecule has 1 unspecified atom stereocenters. The normalized spacial score (nSPS) is 16.7. The second kappa shape index (κ2) is 13.1. The minimum atomic E-state index is -4.29. The van der Waals surface area contributed by atoms with Crippen molar-refractivity contribution in [2.75, 3.05) is 13.1 Å². The number of amidine groups is 1. The minimum Gasteiger partial charge on any atom is -0.343 e. The number of piperidine rings is 1. The quantitative estimate of drug-likeness (QED) is 0.181. The Bertz CT molecular complexity index is 905. The van der Waals surface area contributed by atoms with Gasteiger partial charge in [-0.1, -0.05) is 56.2 Å². The van der Waals surface area contributed by atoms with Crippen molar-refractivity contribution in [3.63, 3.8) is 0 Å². The van der Waals surface area contributed by atoms with Crippen molar-refractivity contribution < 1.29 is 13.2 Å². The van der Waals surface area contributed by atoms with Crippen molar-refractivity contribution >= 4 is 17.8 Å². The molecular weight excluding hydrogens is 455 g/mol. The van der Waals surface area contributed by atoms with Gasteiger partial charge in [-0.2, -0.15) is 13.2 Å². The SMILES string of the molecule is CCC.CCN(/N=C(\c1c(C)cccc1C)N1CCCCC1C(F)(F)F)Sc1ccc(C)cc1. The number of alkyl halides is 3. The summed E-state index contributed by atoms with van der Waals surface area (Å²) < 4.78 is 43.7. The summed E-state index contributed by atoms with van der Waals surface area (Å²) in [5.41, 5.74) is 3.82. The van der Waals surface area contributed by atoms with Crippen LogP contribution in [0.3, 0.4) is 0 Å². The predicted molar refractivity (Wildman–Crippen MR) is 138 cm³/mol. The van der Waals surface area contributed by atoms with Crippen LogP contribution in [0.2, 0.25) is 0 Å². The molecule has 1 aliphatic rings. The zero-order valence-corrected chi connectivity index (χ0v) is 22.1. The molecule has 1 saturated heterocycles. The molecule has 1 fully saturated rings. The maximum Gasteiger partial charge on any atom is 0.408 e. The highest BCUT2D eigenvalue weighted by atomic mass is 32.2. The topological polar surface area (TPSA) is 18.8 Å². The molecule has 1 atom stereocenters. The molecule has 0 aliphatic carbocycles. The molecule has 3 rings (SSSR count). The second-order valence-electron chi connectivity index (χ2n) is 8.72. The Morgan fingerprint density at radius 3 is 2.12 bits per heavy atom. The molecule has 188 valence electrons. The summed E-state index contributed by atoms with van der Waals surface area (Å²) in [5, 5.41) is 4.83. The summed E-state index contributed by atoms with van der Waals surface area (Å²) in [7, 11) is 0. The molecule has 2 aromatic carbocycles. The Labute approximate surface area is 207 Å². The number of likely N-dealkylation sites (tertiary alicyclic amines) is 1. The van der Waals surface area contributed by atoms with Crippen molar-refractivity contribution in [3.8, 4) is 0 Å². The molecule has 0 spiro atoms. The third-order valence-electron chi connectivity index (χ3n) is 5.57. The van der Waals surface area contributed by atoms with Crippen LogP contribution >= 0.6 is 11.9 Å². The average Bonchev–Trinajstić information content (AvgIpc) is 2.79. The second-order valence-corrected chi connectivity index (χ2v) is 9.79. The van der Waals surface area contributed by atoms with E-state index < -0.39 is 12.2 Å². The van der Waals surface area contributed by atoms with Crippen molar-refractivity contribution in [2.45, 2.75) is 84.3 Å². The molecule has 0 radical (unpaired) electrons. The summed E-state index contributed by atoms with van der Waals surface area (Å²) in [6, 6.07) is 12.4. The van der Waals surface area contributed by atoms with Crippen molar-refractivity contribution in [3.05, 3.63) is 64.7 Å². The lowest BCUT2D eigenvalue weighted by Crippen LogP contribution is -2.52. The average molecular weight is 494 g/mol. The monoisotopic (exact) mass is 493 g/mol. The number of halogens is 3. The summed E-state index contributed by atoms with van der Waals surface area (Å²) in [6.45, 7) is 13.0.